The molecule has 2 atom stereocenters. The third-order valence-corrected chi connectivity index (χ3v) is 3.69. The summed E-state index contributed by atoms with van der Waals surface area (Å²) < 4.78 is 5.41. The smallest absolute Gasteiger partial charge is 0.239 e. The van der Waals surface area contributed by atoms with Crippen LogP contribution in [0.2, 0.25) is 0 Å². The van der Waals surface area contributed by atoms with Crippen LogP contribution in [0, 0.1) is 6.92 Å². The zero-order chi connectivity index (χ0) is 16.1. The Balaban J connectivity index is 2.27. The van der Waals surface area contributed by atoms with E-state index in [9.17, 15) is 4.79 Å². The number of hydrogen-bond acceptors (Lipinski definition) is 3. The van der Waals surface area contributed by atoms with Gasteiger partial charge in [0, 0.05) is 11.6 Å². The molecule has 0 spiro atoms. The van der Waals surface area contributed by atoms with E-state index in [0.29, 0.717) is 0 Å². The van der Waals surface area contributed by atoms with Crippen molar-refractivity contribution in [2.75, 3.05) is 7.11 Å². The van der Waals surface area contributed by atoms with Crippen LogP contribution in [0.1, 0.15) is 35.7 Å². The molecule has 0 bridgehead atoms. The van der Waals surface area contributed by atoms with Gasteiger partial charge in [0.2, 0.25) is 5.91 Å². The van der Waals surface area contributed by atoms with Gasteiger partial charge in [-0.15, -0.1) is 0 Å². The molecular formula is C18H22N2O2. The second kappa shape index (κ2) is 7.09. The first-order chi connectivity index (χ1) is 10.5. The number of hydrogen-bond donors (Lipinski definition) is 2. The van der Waals surface area contributed by atoms with Crippen molar-refractivity contribution in [2.24, 2.45) is 5.73 Å². The summed E-state index contributed by atoms with van der Waals surface area (Å²) in [5.74, 6) is 0.395. The molecule has 3 N–H and O–H groups in total. The number of primary amides is 1. The first-order valence-electron chi connectivity index (χ1n) is 7.27. The largest absolute Gasteiger partial charge is 0.496 e. The first kappa shape index (κ1) is 16.0. The molecule has 1 amide bonds. The Morgan fingerprint density at radius 1 is 1.18 bits per heavy atom. The van der Waals surface area contributed by atoms with E-state index in [1.54, 1.807) is 7.11 Å². The standard InChI is InChI=1S/C18H22N2O2/c1-12-9-10-16(22-3)15(11-12)13(2)20-17(18(19)21)14-7-5-4-6-8-14/h4-11,13,17,20H,1-3H3,(H2,19,21)/t13-,17-/m1/s1. The van der Waals surface area contributed by atoms with Crippen LogP contribution in [0.3, 0.4) is 0 Å². The van der Waals surface area contributed by atoms with Crippen LogP contribution in [0.25, 0.3) is 0 Å². The highest BCUT2D eigenvalue weighted by Gasteiger charge is 2.22. The maximum absolute atomic E-state index is 11.8. The number of benzene rings is 2. The summed E-state index contributed by atoms with van der Waals surface area (Å²) >= 11 is 0. The van der Waals surface area contributed by atoms with Crippen molar-refractivity contribution in [1.29, 1.82) is 0 Å². The Bertz CT molecular complexity index is 641. The summed E-state index contributed by atoms with van der Waals surface area (Å²) in [5, 5.41) is 3.30. The Hall–Kier alpha value is -2.33. The molecule has 4 heteroatoms. The molecular weight excluding hydrogens is 276 g/mol. The lowest BCUT2D eigenvalue weighted by Gasteiger charge is -2.23. The fraction of sp³-hybridized carbons (Fsp3) is 0.278. The topological polar surface area (TPSA) is 64.3 Å². The number of methoxy groups -OCH3 is 1. The first-order valence-corrected chi connectivity index (χ1v) is 7.27. The lowest BCUT2D eigenvalue weighted by atomic mass is 10.0. The molecule has 0 fully saturated rings. The Kier molecular flexibility index (Phi) is 5.17. The van der Waals surface area contributed by atoms with Gasteiger partial charge in [-0.25, -0.2) is 0 Å². The second-order valence-corrected chi connectivity index (χ2v) is 5.38. The number of amides is 1. The van der Waals surface area contributed by atoms with E-state index >= 15 is 0 Å². The van der Waals surface area contributed by atoms with E-state index in [1.807, 2.05) is 56.3 Å². The van der Waals surface area contributed by atoms with Gasteiger partial charge < -0.3 is 10.5 Å². The predicted octanol–water partition coefficient (Wildman–Crippen LogP) is 2.88. The van der Waals surface area contributed by atoms with Crippen molar-refractivity contribution in [3.05, 3.63) is 65.2 Å². The van der Waals surface area contributed by atoms with Crippen molar-refractivity contribution >= 4 is 5.91 Å². The Morgan fingerprint density at radius 3 is 2.45 bits per heavy atom. The van der Waals surface area contributed by atoms with Crippen molar-refractivity contribution in [3.8, 4) is 5.75 Å². The average molecular weight is 298 g/mol. The summed E-state index contributed by atoms with van der Waals surface area (Å²) in [6.07, 6.45) is 0. The molecule has 116 valence electrons. The van der Waals surface area contributed by atoms with Crippen LogP contribution < -0.4 is 15.8 Å². The molecule has 0 heterocycles. The normalized spacial score (nSPS) is 13.4. The van der Waals surface area contributed by atoms with E-state index in [1.165, 1.54) is 0 Å². The highest BCUT2D eigenvalue weighted by atomic mass is 16.5. The SMILES string of the molecule is COc1ccc(C)cc1[C@@H](C)N[C@@H](C(N)=O)c1ccccc1. The third-order valence-electron chi connectivity index (χ3n) is 3.69. The predicted molar refractivity (Wildman–Crippen MR) is 87.7 cm³/mol. The molecule has 0 aliphatic heterocycles. The summed E-state index contributed by atoms with van der Waals surface area (Å²) in [5.41, 5.74) is 8.56. The summed E-state index contributed by atoms with van der Waals surface area (Å²) in [7, 11) is 1.64. The van der Waals surface area contributed by atoms with Crippen molar-refractivity contribution in [3.63, 3.8) is 0 Å². The van der Waals surface area contributed by atoms with E-state index in [4.69, 9.17) is 10.5 Å². The molecule has 4 nitrogen and oxygen atoms in total. The monoisotopic (exact) mass is 298 g/mol. The van der Waals surface area contributed by atoms with Gasteiger partial charge in [-0.1, -0.05) is 48.0 Å². The summed E-state index contributed by atoms with van der Waals surface area (Å²) in [4.78, 5) is 11.8. The quantitative estimate of drug-likeness (QED) is 0.862. The van der Waals surface area contributed by atoms with Gasteiger partial charge in [0.15, 0.2) is 0 Å². The van der Waals surface area contributed by atoms with Crippen LogP contribution in [-0.2, 0) is 4.79 Å². The second-order valence-electron chi connectivity index (χ2n) is 5.38. The molecule has 0 aliphatic rings. The zero-order valence-electron chi connectivity index (χ0n) is 13.2. The molecule has 0 radical (unpaired) electrons. The number of carbonyl (C=O) groups excluding carboxylic acids is 1. The van der Waals surface area contributed by atoms with E-state index in [2.05, 4.69) is 11.4 Å². The lowest BCUT2D eigenvalue weighted by molar-refractivity contribution is -0.120. The highest BCUT2D eigenvalue weighted by Crippen LogP contribution is 2.28. The molecule has 2 aromatic carbocycles. The molecule has 2 rings (SSSR count). The van der Waals surface area contributed by atoms with Gasteiger partial charge in [0.1, 0.15) is 11.8 Å². The average Bonchev–Trinajstić information content (AvgIpc) is 2.52. The maximum Gasteiger partial charge on any atom is 0.239 e. The lowest BCUT2D eigenvalue weighted by Crippen LogP contribution is -2.35. The fourth-order valence-electron chi connectivity index (χ4n) is 2.52. The molecule has 0 aliphatic carbocycles. The summed E-state index contributed by atoms with van der Waals surface area (Å²) in [6.45, 7) is 4.02. The Labute approximate surface area is 131 Å². The van der Waals surface area contributed by atoms with E-state index in [0.717, 1.165) is 22.4 Å². The number of rotatable bonds is 6. The minimum absolute atomic E-state index is 0.0763. The van der Waals surface area contributed by atoms with Crippen LogP contribution in [-0.4, -0.2) is 13.0 Å². The number of nitrogens with two attached hydrogens (primary N) is 1. The number of carbonyl (C=O) groups is 1. The minimum Gasteiger partial charge on any atom is -0.496 e. The molecule has 0 aromatic heterocycles. The summed E-state index contributed by atoms with van der Waals surface area (Å²) in [6, 6.07) is 14.9. The number of nitrogens with one attached hydrogen (secondary N) is 1. The van der Waals surface area contributed by atoms with Gasteiger partial charge in [-0.3, -0.25) is 10.1 Å². The van der Waals surface area contributed by atoms with Crippen LogP contribution in [0.5, 0.6) is 5.75 Å². The molecule has 0 saturated carbocycles. The fourth-order valence-corrected chi connectivity index (χ4v) is 2.52. The van der Waals surface area contributed by atoms with Gasteiger partial charge >= 0.3 is 0 Å². The van der Waals surface area contributed by atoms with Crippen LogP contribution in [0.4, 0.5) is 0 Å². The Morgan fingerprint density at radius 2 is 1.86 bits per heavy atom. The highest BCUT2D eigenvalue weighted by molar-refractivity contribution is 5.81. The number of aryl methyl sites for hydroxylation is 1. The van der Waals surface area contributed by atoms with Crippen molar-refractivity contribution in [2.45, 2.75) is 25.9 Å². The van der Waals surface area contributed by atoms with Gasteiger partial charge in [-0.2, -0.15) is 0 Å². The van der Waals surface area contributed by atoms with Crippen LogP contribution >= 0.6 is 0 Å². The van der Waals surface area contributed by atoms with Crippen molar-refractivity contribution in [1.82, 2.24) is 5.32 Å². The van der Waals surface area contributed by atoms with Crippen molar-refractivity contribution < 1.29 is 9.53 Å². The van der Waals surface area contributed by atoms with E-state index < -0.39 is 11.9 Å². The zero-order valence-corrected chi connectivity index (χ0v) is 13.2. The van der Waals surface area contributed by atoms with Crippen LogP contribution in [0.15, 0.2) is 48.5 Å². The molecule has 0 saturated heterocycles. The molecule has 0 unspecified atom stereocenters. The van der Waals surface area contributed by atoms with E-state index in [-0.39, 0.29) is 6.04 Å². The minimum atomic E-state index is -0.540. The number of ether oxygens (including phenoxy) is 1. The van der Waals surface area contributed by atoms with Gasteiger partial charge in [0.05, 0.1) is 7.11 Å². The van der Waals surface area contributed by atoms with Gasteiger partial charge in [0.25, 0.3) is 0 Å². The van der Waals surface area contributed by atoms with Gasteiger partial charge in [-0.05, 0) is 25.5 Å². The molecule has 22 heavy (non-hydrogen) atoms. The third kappa shape index (κ3) is 3.65. The molecule has 2 aromatic rings. The maximum atomic E-state index is 11.8.